The lowest BCUT2D eigenvalue weighted by Crippen LogP contribution is -2.15. The molecule has 1 N–H and O–H groups in total. The van der Waals surface area contributed by atoms with Gasteiger partial charge in [-0.05, 0) is 25.2 Å². The first-order valence-corrected chi connectivity index (χ1v) is 12.2. The Morgan fingerprint density at radius 1 is 1.22 bits per heavy atom. The number of pyridine rings is 1. The van der Waals surface area contributed by atoms with Crippen molar-refractivity contribution >= 4 is 40.1 Å². The van der Waals surface area contributed by atoms with E-state index in [2.05, 4.69) is 17.2 Å². The van der Waals surface area contributed by atoms with E-state index in [-0.39, 0.29) is 0 Å². The molecular weight excluding hydrogens is 448 g/mol. The Bertz CT molecular complexity index is 1120. The van der Waals surface area contributed by atoms with Crippen LogP contribution >= 0.6 is 23.4 Å². The van der Waals surface area contributed by atoms with Gasteiger partial charge in [-0.3, -0.25) is 0 Å². The van der Waals surface area contributed by atoms with Crippen LogP contribution in [-0.4, -0.2) is 55.2 Å². The highest BCUT2D eigenvalue weighted by Gasteiger charge is 2.22. The van der Waals surface area contributed by atoms with Crippen LogP contribution in [0.2, 0.25) is 5.02 Å². The van der Waals surface area contributed by atoms with E-state index in [1.54, 1.807) is 14.2 Å². The molecular formula is C23H27ClN4O3S. The average Bonchev–Trinajstić information content (AvgIpc) is 3.35. The van der Waals surface area contributed by atoms with E-state index in [4.69, 9.17) is 35.8 Å². The molecule has 32 heavy (non-hydrogen) atoms. The van der Waals surface area contributed by atoms with Gasteiger partial charge < -0.3 is 19.5 Å². The van der Waals surface area contributed by atoms with Crippen molar-refractivity contribution in [3.63, 3.8) is 0 Å². The number of hydrogen-bond donors (Lipinski definition) is 1. The van der Waals surface area contributed by atoms with Crippen LogP contribution in [0.15, 0.2) is 23.5 Å². The van der Waals surface area contributed by atoms with Crippen LogP contribution in [0, 0.1) is 5.92 Å². The molecule has 3 aromatic rings. The third-order valence-corrected chi connectivity index (χ3v) is 6.59. The van der Waals surface area contributed by atoms with Crippen molar-refractivity contribution in [1.29, 1.82) is 0 Å². The molecule has 9 heteroatoms. The summed E-state index contributed by atoms with van der Waals surface area (Å²) < 4.78 is 16.7. The quantitative estimate of drug-likeness (QED) is 0.357. The number of benzene rings is 1. The summed E-state index contributed by atoms with van der Waals surface area (Å²) in [6, 6.07) is 3.79. The second-order valence-electron chi connectivity index (χ2n) is 7.56. The summed E-state index contributed by atoms with van der Waals surface area (Å²) in [6.45, 7) is 4.39. The van der Waals surface area contributed by atoms with Gasteiger partial charge in [0.25, 0.3) is 0 Å². The number of nitrogens with one attached hydrogen (secondary N) is 1. The summed E-state index contributed by atoms with van der Waals surface area (Å²) in [7, 11) is 3.24. The molecule has 1 aliphatic rings. The molecule has 1 aliphatic heterocycles. The summed E-state index contributed by atoms with van der Waals surface area (Å²) in [6.07, 6.45) is 5.56. The fourth-order valence-electron chi connectivity index (χ4n) is 3.96. The maximum absolute atomic E-state index is 6.80. The molecule has 1 atom stereocenters. The molecule has 1 saturated heterocycles. The van der Waals surface area contributed by atoms with Gasteiger partial charge in [0.2, 0.25) is 0 Å². The van der Waals surface area contributed by atoms with Crippen molar-refractivity contribution < 1.29 is 14.2 Å². The Kier molecular flexibility index (Phi) is 7.23. The monoisotopic (exact) mass is 474 g/mol. The van der Waals surface area contributed by atoms with E-state index in [1.807, 2.05) is 24.6 Å². The molecule has 2 aromatic heterocycles. The zero-order valence-corrected chi connectivity index (χ0v) is 20.3. The predicted molar refractivity (Wildman–Crippen MR) is 129 cm³/mol. The molecule has 0 amide bonds. The molecule has 1 unspecified atom stereocenters. The fraction of sp³-hybridized carbons (Fsp3) is 0.435. The van der Waals surface area contributed by atoms with Gasteiger partial charge in [0.15, 0.2) is 11.0 Å². The largest absolute Gasteiger partial charge is 0.496 e. The van der Waals surface area contributed by atoms with Gasteiger partial charge in [-0.25, -0.2) is 15.0 Å². The summed E-state index contributed by atoms with van der Waals surface area (Å²) in [5, 5.41) is 5.61. The van der Waals surface area contributed by atoms with Crippen molar-refractivity contribution in [2.24, 2.45) is 5.92 Å². The number of aromatic nitrogens is 3. The minimum atomic E-state index is 0.448. The second-order valence-corrected chi connectivity index (χ2v) is 8.71. The topological polar surface area (TPSA) is 78.4 Å². The standard InChI is InChI=1S/C23H27ClN4O3S/c1-5-15-17(29-2)9-18(30-3)20(24)19(15)16-8-14-11-26-23(32-4)28-21(14)22(27-16)25-10-13-6-7-31-12-13/h8-9,11,13H,5-7,10,12H2,1-4H3,(H,25,27). The average molecular weight is 475 g/mol. The van der Waals surface area contributed by atoms with E-state index in [0.717, 1.165) is 66.1 Å². The van der Waals surface area contributed by atoms with Gasteiger partial charge in [0, 0.05) is 47.8 Å². The Labute approximate surface area is 197 Å². The molecule has 1 fully saturated rings. The Morgan fingerprint density at radius 3 is 2.69 bits per heavy atom. The third kappa shape index (κ3) is 4.44. The molecule has 0 saturated carbocycles. The van der Waals surface area contributed by atoms with Crippen LogP contribution in [0.4, 0.5) is 5.82 Å². The van der Waals surface area contributed by atoms with Crippen molar-refractivity contribution in [1.82, 2.24) is 15.0 Å². The number of fused-ring (bicyclic) bond motifs is 1. The van der Waals surface area contributed by atoms with Crippen molar-refractivity contribution in [2.45, 2.75) is 24.9 Å². The smallest absolute Gasteiger partial charge is 0.187 e. The van der Waals surface area contributed by atoms with Crippen molar-refractivity contribution in [3.8, 4) is 22.8 Å². The van der Waals surface area contributed by atoms with E-state index in [0.29, 0.717) is 27.7 Å². The highest BCUT2D eigenvalue weighted by molar-refractivity contribution is 7.98. The summed E-state index contributed by atoms with van der Waals surface area (Å²) in [5.41, 5.74) is 3.29. The molecule has 1 aromatic carbocycles. The number of rotatable bonds is 8. The van der Waals surface area contributed by atoms with Gasteiger partial charge in [-0.1, -0.05) is 30.3 Å². The van der Waals surface area contributed by atoms with E-state index >= 15 is 0 Å². The number of nitrogens with zero attached hydrogens (tertiary/aromatic N) is 3. The number of halogens is 1. The summed E-state index contributed by atoms with van der Waals surface area (Å²) >= 11 is 8.30. The maximum Gasteiger partial charge on any atom is 0.187 e. The number of anilines is 1. The normalized spacial score (nSPS) is 15.8. The Hall–Kier alpha value is -2.29. The number of thioether (sulfide) groups is 1. The molecule has 170 valence electrons. The zero-order valence-electron chi connectivity index (χ0n) is 18.7. The van der Waals surface area contributed by atoms with Gasteiger partial charge in [-0.2, -0.15) is 0 Å². The lowest BCUT2D eigenvalue weighted by molar-refractivity contribution is 0.187. The van der Waals surface area contributed by atoms with E-state index in [1.165, 1.54) is 11.8 Å². The lowest BCUT2D eigenvalue weighted by Gasteiger charge is -2.19. The predicted octanol–water partition coefficient (Wildman–Crippen LogP) is 5.10. The number of ether oxygens (including phenoxy) is 3. The maximum atomic E-state index is 6.80. The fourth-order valence-corrected chi connectivity index (χ4v) is 4.64. The van der Waals surface area contributed by atoms with Crippen molar-refractivity contribution in [3.05, 3.63) is 28.9 Å². The van der Waals surface area contributed by atoms with Gasteiger partial charge in [0.1, 0.15) is 17.0 Å². The van der Waals surface area contributed by atoms with Crippen LogP contribution in [-0.2, 0) is 11.2 Å². The second kappa shape index (κ2) is 10.1. The molecule has 0 spiro atoms. The number of hydrogen-bond acceptors (Lipinski definition) is 8. The highest BCUT2D eigenvalue weighted by atomic mass is 35.5. The van der Waals surface area contributed by atoms with E-state index in [9.17, 15) is 0 Å². The highest BCUT2D eigenvalue weighted by Crippen LogP contribution is 2.44. The van der Waals surface area contributed by atoms with Gasteiger partial charge >= 0.3 is 0 Å². The molecule has 4 rings (SSSR count). The summed E-state index contributed by atoms with van der Waals surface area (Å²) in [5.74, 6) is 2.42. The molecule has 7 nitrogen and oxygen atoms in total. The van der Waals surface area contributed by atoms with Crippen LogP contribution in [0.1, 0.15) is 18.9 Å². The van der Waals surface area contributed by atoms with Crippen LogP contribution in [0.5, 0.6) is 11.5 Å². The Morgan fingerprint density at radius 2 is 2.03 bits per heavy atom. The van der Waals surface area contributed by atoms with Crippen LogP contribution in [0.25, 0.3) is 22.2 Å². The first kappa shape index (κ1) is 22.9. The SMILES string of the molecule is CCc1c(OC)cc(OC)c(Cl)c1-c1cc2cnc(SC)nc2c(NCC2CCOC2)n1. The lowest BCUT2D eigenvalue weighted by atomic mass is 9.99. The molecule has 0 aliphatic carbocycles. The summed E-state index contributed by atoms with van der Waals surface area (Å²) in [4.78, 5) is 14.2. The molecule has 0 bridgehead atoms. The minimum absolute atomic E-state index is 0.448. The first-order chi connectivity index (χ1) is 15.6. The number of methoxy groups -OCH3 is 2. The van der Waals surface area contributed by atoms with Crippen LogP contribution < -0.4 is 14.8 Å². The first-order valence-electron chi connectivity index (χ1n) is 10.6. The molecule has 0 radical (unpaired) electrons. The van der Waals surface area contributed by atoms with Crippen LogP contribution in [0.3, 0.4) is 0 Å². The zero-order chi connectivity index (χ0) is 22.7. The van der Waals surface area contributed by atoms with Gasteiger partial charge in [0.05, 0.1) is 31.5 Å². The third-order valence-electron chi connectivity index (χ3n) is 5.66. The van der Waals surface area contributed by atoms with Crippen molar-refractivity contribution in [2.75, 3.05) is 45.6 Å². The Balaban J connectivity index is 1.89. The van der Waals surface area contributed by atoms with Gasteiger partial charge in [-0.15, -0.1) is 0 Å². The van der Waals surface area contributed by atoms with E-state index < -0.39 is 0 Å². The molecule has 3 heterocycles. The minimum Gasteiger partial charge on any atom is -0.496 e.